The highest BCUT2D eigenvalue weighted by atomic mass is 32.3. The molecule has 19 heavy (non-hydrogen) atoms. The van der Waals surface area contributed by atoms with Crippen molar-refractivity contribution < 1.29 is 21.6 Å². The Bertz CT molecular complexity index is 656. The number of anilines is 1. The van der Waals surface area contributed by atoms with E-state index < -0.39 is 26.3 Å². The van der Waals surface area contributed by atoms with Crippen molar-refractivity contribution in [2.45, 2.75) is 0 Å². The molecule has 0 saturated carbocycles. The molecule has 1 aromatic heterocycles. The van der Waals surface area contributed by atoms with Crippen molar-refractivity contribution in [3.63, 3.8) is 0 Å². The fourth-order valence-corrected chi connectivity index (χ4v) is 2.80. The second-order valence-electron chi connectivity index (χ2n) is 3.28. The van der Waals surface area contributed by atoms with E-state index in [0.29, 0.717) is 6.26 Å². The molecule has 0 atom stereocenters. The number of hydrogen-bond donors (Lipinski definition) is 2. The predicted octanol–water partition coefficient (Wildman–Crippen LogP) is -1.27. The number of amides is 2. The minimum absolute atomic E-state index is 0.0332. The topological polar surface area (TPSA) is 138 Å². The fourth-order valence-electron chi connectivity index (χ4n) is 0.850. The first-order valence-electron chi connectivity index (χ1n) is 4.68. The van der Waals surface area contributed by atoms with Crippen LogP contribution in [-0.2, 0) is 20.2 Å². The quantitative estimate of drug-likeness (QED) is 0.707. The van der Waals surface area contributed by atoms with Crippen LogP contribution < -0.4 is 10.0 Å². The van der Waals surface area contributed by atoms with Crippen molar-refractivity contribution in [3.05, 3.63) is 18.5 Å². The molecule has 2 amide bonds. The van der Waals surface area contributed by atoms with Crippen LogP contribution in [0.15, 0.2) is 18.5 Å². The highest BCUT2D eigenvalue weighted by molar-refractivity contribution is 8.03. The van der Waals surface area contributed by atoms with Crippen LogP contribution in [0, 0.1) is 0 Å². The molecule has 0 bridgehead atoms. The highest BCUT2D eigenvalue weighted by Crippen LogP contribution is 2.01. The van der Waals surface area contributed by atoms with E-state index in [1.54, 1.807) is 0 Å². The third-order valence-corrected chi connectivity index (χ3v) is 5.27. The predicted molar refractivity (Wildman–Crippen MR) is 65.7 cm³/mol. The smallest absolute Gasteiger partial charge is 0.275 e. The maximum absolute atomic E-state index is 11.5. The molecule has 0 aliphatic carbocycles. The maximum atomic E-state index is 11.5. The number of sulfonamides is 1. The Morgan fingerprint density at radius 3 is 2.21 bits per heavy atom. The molecule has 0 saturated heterocycles. The van der Waals surface area contributed by atoms with Gasteiger partial charge in [-0.25, -0.2) is 27.9 Å². The standard InChI is InChI=1S/C7H11N5O5S2/c1-12(18(2,14)15)19(16,17)11-7(13)10-6-8-4-3-5-9-6/h3-5H,1-2H3,(H2,8,9,10,11,13). The van der Waals surface area contributed by atoms with Crippen LogP contribution in [-0.4, -0.2) is 49.8 Å². The van der Waals surface area contributed by atoms with Crippen LogP contribution in [0.1, 0.15) is 0 Å². The molecule has 0 aliphatic rings. The van der Waals surface area contributed by atoms with E-state index >= 15 is 0 Å². The fraction of sp³-hybridized carbons (Fsp3) is 0.286. The first-order valence-corrected chi connectivity index (χ1v) is 7.96. The van der Waals surface area contributed by atoms with Gasteiger partial charge in [0.15, 0.2) is 0 Å². The normalized spacial score (nSPS) is 12.2. The summed E-state index contributed by atoms with van der Waals surface area (Å²) in [6.45, 7) is 0. The molecule has 0 fully saturated rings. The van der Waals surface area contributed by atoms with Gasteiger partial charge >= 0.3 is 16.2 Å². The zero-order valence-corrected chi connectivity index (χ0v) is 11.6. The number of nitrogens with zero attached hydrogens (tertiary/aromatic N) is 3. The van der Waals surface area contributed by atoms with Crippen LogP contribution in [0.5, 0.6) is 0 Å². The van der Waals surface area contributed by atoms with E-state index in [2.05, 4.69) is 9.97 Å². The lowest BCUT2D eigenvalue weighted by molar-refractivity contribution is 0.256. The lowest BCUT2D eigenvalue weighted by Gasteiger charge is -2.15. The first-order chi connectivity index (χ1) is 8.63. The lowest BCUT2D eigenvalue weighted by atomic mass is 10.7. The molecule has 1 heterocycles. The Morgan fingerprint density at radius 1 is 1.21 bits per heavy atom. The van der Waals surface area contributed by atoms with E-state index in [-0.39, 0.29) is 9.66 Å². The molecule has 1 rings (SSSR count). The average molecular weight is 309 g/mol. The van der Waals surface area contributed by atoms with E-state index in [1.807, 2.05) is 5.32 Å². The number of carbonyl (C=O) groups is 1. The largest absolute Gasteiger partial charge is 0.336 e. The molecule has 1 aromatic rings. The minimum atomic E-state index is -4.51. The van der Waals surface area contributed by atoms with E-state index in [1.165, 1.54) is 23.2 Å². The molecular weight excluding hydrogens is 298 g/mol. The van der Waals surface area contributed by atoms with Crippen molar-refractivity contribution in [1.82, 2.24) is 18.4 Å². The lowest BCUT2D eigenvalue weighted by Crippen LogP contribution is -2.45. The summed E-state index contributed by atoms with van der Waals surface area (Å²) in [7, 11) is -7.72. The molecule has 0 spiro atoms. The summed E-state index contributed by atoms with van der Waals surface area (Å²) < 4.78 is 46.7. The average Bonchev–Trinajstić information content (AvgIpc) is 2.27. The van der Waals surface area contributed by atoms with Gasteiger partial charge in [0, 0.05) is 19.4 Å². The maximum Gasteiger partial charge on any atom is 0.336 e. The monoisotopic (exact) mass is 309 g/mol. The van der Waals surface area contributed by atoms with Crippen molar-refractivity contribution in [2.75, 3.05) is 18.6 Å². The molecule has 0 radical (unpaired) electrons. The Kier molecular flexibility index (Phi) is 4.39. The van der Waals surface area contributed by atoms with Gasteiger partial charge in [-0.15, -0.1) is 0 Å². The summed E-state index contributed by atoms with van der Waals surface area (Å²) >= 11 is 0. The summed E-state index contributed by atoms with van der Waals surface area (Å²) in [5.74, 6) is -0.128. The number of nitrogens with one attached hydrogen (secondary N) is 2. The summed E-state index contributed by atoms with van der Waals surface area (Å²) in [6, 6.07) is 0.318. The van der Waals surface area contributed by atoms with Gasteiger partial charge in [-0.2, -0.15) is 8.42 Å². The SMILES string of the molecule is CN(S(C)(=O)=O)S(=O)(=O)NC(=O)Nc1ncccn1. The van der Waals surface area contributed by atoms with Gasteiger partial charge in [0.1, 0.15) is 0 Å². The van der Waals surface area contributed by atoms with Crippen molar-refractivity contribution in [3.8, 4) is 0 Å². The van der Waals surface area contributed by atoms with Crippen molar-refractivity contribution >= 4 is 32.2 Å². The highest BCUT2D eigenvalue weighted by Gasteiger charge is 2.28. The molecule has 0 aliphatic heterocycles. The number of urea groups is 1. The van der Waals surface area contributed by atoms with Gasteiger partial charge in [-0.05, 0) is 6.07 Å². The van der Waals surface area contributed by atoms with Gasteiger partial charge in [-0.3, -0.25) is 5.32 Å². The summed E-state index contributed by atoms with van der Waals surface area (Å²) in [6.07, 6.45) is 3.35. The molecular formula is C7H11N5O5S2. The number of carbonyl (C=O) groups excluding carboxylic acids is 1. The van der Waals surface area contributed by atoms with Gasteiger partial charge < -0.3 is 0 Å². The van der Waals surface area contributed by atoms with Crippen molar-refractivity contribution in [2.24, 2.45) is 0 Å². The van der Waals surface area contributed by atoms with E-state index in [9.17, 15) is 21.6 Å². The van der Waals surface area contributed by atoms with E-state index in [4.69, 9.17) is 0 Å². The van der Waals surface area contributed by atoms with Crippen LogP contribution in [0.25, 0.3) is 0 Å². The van der Waals surface area contributed by atoms with Crippen LogP contribution in [0.3, 0.4) is 0 Å². The number of rotatable bonds is 4. The van der Waals surface area contributed by atoms with Crippen LogP contribution >= 0.6 is 0 Å². The number of aromatic nitrogens is 2. The molecule has 0 unspecified atom stereocenters. The second kappa shape index (κ2) is 5.46. The molecule has 12 heteroatoms. The van der Waals surface area contributed by atoms with E-state index in [0.717, 1.165) is 7.05 Å². The molecule has 106 valence electrons. The second-order valence-corrected chi connectivity index (χ2v) is 7.22. The Morgan fingerprint density at radius 2 is 1.74 bits per heavy atom. The van der Waals surface area contributed by atoms with Crippen LogP contribution in [0.4, 0.5) is 10.7 Å². The van der Waals surface area contributed by atoms with Crippen LogP contribution in [0.2, 0.25) is 0 Å². The Labute approximate surface area is 110 Å². The third kappa shape index (κ3) is 4.42. The Hall–Kier alpha value is -1.79. The zero-order valence-electron chi connectivity index (χ0n) is 9.93. The van der Waals surface area contributed by atoms with Gasteiger partial charge in [0.2, 0.25) is 16.0 Å². The summed E-state index contributed by atoms with van der Waals surface area (Å²) in [5, 5.41) is 2.03. The Balaban J connectivity index is 2.77. The summed E-state index contributed by atoms with van der Waals surface area (Å²) in [4.78, 5) is 18.6. The van der Waals surface area contributed by atoms with Gasteiger partial charge in [0.25, 0.3) is 0 Å². The van der Waals surface area contributed by atoms with Gasteiger partial charge in [0.05, 0.1) is 6.26 Å². The molecule has 2 N–H and O–H groups in total. The molecule has 10 nitrogen and oxygen atoms in total. The third-order valence-electron chi connectivity index (χ3n) is 1.82. The first kappa shape index (κ1) is 15.3. The van der Waals surface area contributed by atoms with Gasteiger partial charge in [-0.1, -0.05) is 3.71 Å². The zero-order chi connectivity index (χ0) is 14.7. The minimum Gasteiger partial charge on any atom is -0.275 e. The molecule has 0 aromatic carbocycles. The van der Waals surface area contributed by atoms with Crippen molar-refractivity contribution in [1.29, 1.82) is 0 Å². The number of hydrogen-bond acceptors (Lipinski definition) is 7. The summed E-state index contributed by atoms with van der Waals surface area (Å²) in [5.41, 5.74) is 0.